The molecule has 1 fully saturated rings. The molecule has 0 aliphatic carbocycles. The van der Waals surface area contributed by atoms with Crippen LogP contribution in [0.3, 0.4) is 0 Å². The minimum Gasteiger partial charge on any atom is -0.481 e. The van der Waals surface area contributed by atoms with Gasteiger partial charge in [0.25, 0.3) is 5.88 Å². The minimum atomic E-state index is -1.11. The number of carboxylic acids is 1. The number of alkyl carbamates (subject to hydrolysis) is 1. The van der Waals surface area contributed by atoms with Gasteiger partial charge >= 0.3 is 18.1 Å². The summed E-state index contributed by atoms with van der Waals surface area (Å²) in [5, 5.41) is 11.9. The number of ether oxygens (including phenoxy) is 2. The highest BCUT2D eigenvalue weighted by Gasteiger charge is 2.32. The highest BCUT2D eigenvalue weighted by Crippen LogP contribution is 2.28. The lowest BCUT2D eigenvalue weighted by Gasteiger charge is -2.26. The van der Waals surface area contributed by atoms with Crippen LogP contribution in [0.2, 0.25) is 5.02 Å². The number of nitrogens with zero attached hydrogens (tertiary/aromatic N) is 3. The monoisotopic (exact) mass is 508 g/mol. The summed E-state index contributed by atoms with van der Waals surface area (Å²) >= 11 is 5.69. The van der Waals surface area contributed by atoms with Gasteiger partial charge in [0.15, 0.2) is 5.82 Å². The average Bonchev–Trinajstić information content (AvgIpc) is 3.09. The Morgan fingerprint density at radius 3 is 2.54 bits per heavy atom. The van der Waals surface area contributed by atoms with E-state index >= 15 is 0 Å². The molecule has 188 valence electrons. The van der Waals surface area contributed by atoms with E-state index in [1.54, 1.807) is 45.0 Å². The van der Waals surface area contributed by atoms with Crippen molar-refractivity contribution < 1.29 is 33.4 Å². The second-order valence-corrected chi connectivity index (χ2v) is 9.29. The van der Waals surface area contributed by atoms with Gasteiger partial charge in [-0.2, -0.15) is 0 Å². The van der Waals surface area contributed by atoms with Gasteiger partial charge in [-0.3, -0.25) is 9.69 Å². The highest BCUT2D eigenvalue weighted by molar-refractivity contribution is 6.30. The quantitative estimate of drug-likeness (QED) is 0.546. The Morgan fingerprint density at radius 2 is 1.94 bits per heavy atom. The van der Waals surface area contributed by atoms with E-state index in [4.69, 9.17) is 21.1 Å². The van der Waals surface area contributed by atoms with Gasteiger partial charge in [0, 0.05) is 31.5 Å². The minimum absolute atomic E-state index is 0.00356. The number of hydrogen-bond acceptors (Lipinski definition) is 6. The molecule has 1 unspecified atom stereocenters. The van der Waals surface area contributed by atoms with E-state index in [1.807, 2.05) is 0 Å². The number of amides is 3. The third kappa shape index (κ3) is 7.44. The van der Waals surface area contributed by atoms with Crippen LogP contribution in [-0.2, 0) is 9.53 Å². The first-order valence-electron chi connectivity index (χ1n) is 10.8. The predicted octanol–water partition coefficient (Wildman–Crippen LogP) is 4.28. The molecule has 3 rings (SSSR count). The van der Waals surface area contributed by atoms with Crippen LogP contribution in [0.5, 0.6) is 11.6 Å². The van der Waals surface area contributed by atoms with Crippen molar-refractivity contribution in [3.63, 3.8) is 0 Å². The van der Waals surface area contributed by atoms with Gasteiger partial charge in [0.1, 0.15) is 11.4 Å². The number of carboxylic acid groups (broad SMARTS) is 1. The number of benzene rings is 1. The van der Waals surface area contributed by atoms with E-state index in [2.05, 4.69) is 10.3 Å². The van der Waals surface area contributed by atoms with Crippen LogP contribution in [-0.4, -0.2) is 64.4 Å². The molecule has 1 saturated heterocycles. The second-order valence-electron chi connectivity index (χ2n) is 8.86. The SMILES string of the molecule is CC(C)(C)OC(=O)NC(CC(=O)O)CN1CCN(c2ccc(Oc3ncc(Cl)cc3F)cc2)C1=O. The number of anilines is 1. The first kappa shape index (κ1) is 26.0. The van der Waals surface area contributed by atoms with E-state index in [0.29, 0.717) is 24.5 Å². The molecular weight excluding hydrogens is 483 g/mol. The number of urea groups is 1. The fraction of sp³-hybridized carbons (Fsp3) is 0.391. The number of pyridine rings is 1. The lowest BCUT2D eigenvalue weighted by atomic mass is 10.2. The molecule has 2 heterocycles. The van der Waals surface area contributed by atoms with Crippen LogP contribution in [0.4, 0.5) is 19.7 Å². The molecule has 2 aromatic rings. The Hall–Kier alpha value is -3.60. The van der Waals surface area contributed by atoms with E-state index in [0.717, 1.165) is 6.07 Å². The molecule has 1 aromatic carbocycles. The summed E-state index contributed by atoms with van der Waals surface area (Å²) in [6, 6.07) is 6.33. The molecule has 1 atom stereocenters. The summed E-state index contributed by atoms with van der Waals surface area (Å²) in [6.07, 6.45) is 0.139. The molecule has 12 heteroatoms. The van der Waals surface area contributed by atoms with Crippen molar-refractivity contribution in [1.29, 1.82) is 0 Å². The fourth-order valence-corrected chi connectivity index (χ4v) is 3.53. The van der Waals surface area contributed by atoms with Crippen LogP contribution < -0.4 is 15.0 Å². The van der Waals surface area contributed by atoms with Crippen molar-refractivity contribution in [1.82, 2.24) is 15.2 Å². The number of nitrogens with one attached hydrogen (secondary N) is 1. The molecule has 35 heavy (non-hydrogen) atoms. The van der Waals surface area contributed by atoms with Gasteiger partial charge in [0.2, 0.25) is 0 Å². The Bertz CT molecular complexity index is 1090. The molecule has 3 amide bonds. The number of rotatable bonds is 8. The van der Waals surface area contributed by atoms with Crippen LogP contribution >= 0.6 is 11.6 Å². The number of halogens is 2. The molecule has 0 bridgehead atoms. The highest BCUT2D eigenvalue weighted by atomic mass is 35.5. The first-order chi connectivity index (χ1) is 16.4. The number of hydrogen-bond donors (Lipinski definition) is 2. The van der Waals surface area contributed by atoms with Crippen LogP contribution in [0.1, 0.15) is 27.2 Å². The van der Waals surface area contributed by atoms with Gasteiger partial charge in [-0.05, 0) is 51.1 Å². The molecule has 1 aliphatic heterocycles. The normalized spacial score (nSPS) is 14.6. The zero-order chi connectivity index (χ0) is 25.8. The van der Waals surface area contributed by atoms with Crippen molar-refractivity contribution in [2.24, 2.45) is 0 Å². The number of carbonyl (C=O) groups excluding carboxylic acids is 2. The van der Waals surface area contributed by atoms with Gasteiger partial charge in [-0.15, -0.1) is 0 Å². The predicted molar refractivity (Wildman–Crippen MR) is 125 cm³/mol. The van der Waals surface area contributed by atoms with E-state index < -0.39 is 29.5 Å². The Morgan fingerprint density at radius 1 is 1.26 bits per heavy atom. The molecule has 0 spiro atoms. The van der Waals surface area contributed by atoms with Gasteiger partial charge in [0.05, 0.1) is 17.5 Å². The summed E-state index contributed by atoms with van der Waals surface area (Å²) in [5.74, 6) is -1.74. The lowest BCUT2D eigenvalue weighted by molar-refractivity contribution is -0.137. The molecule has 0 saturated carbocycles. The summed E-state index contributed by atoms with van der Waals surface area (Å²) in [4.78, 5) is 43.1. The number of aliphatic carboxylic acids is 1. The second kappa shape index (κ2) is 10.8. The summed E-state index contributed by atoms with van der Waals surface area (Å²) in [7, 11) is 0. The molecular formula is C23H26ClFN4O6. The molecule has 1 aliphatic rings. The van der Waals surface area contributed by atoms with Crippen molar-refractivity contribution >= 4 is 35.4 Å². The maximum Gasteiger partial charge on any atom is 0.407 e. The first-order valence-corrected chi connectivity index (χ1v) is 11.2. The van der Waals surface area contributed by atoms with E-state index in [1.165, 1.54) is 16.0 Å². The lowest BCUT2D eigenvalue weighted by Crippen LogP contribution is -2.47. The summed E-state index contributed by atoms with van der Waals surface area (Å²) in [5.41, 5.74) is -0.173. The smallest absolute Gasteiger partial charge is 0.407 e. The van der Waals surface area contributed by atoms with Gasteiger partial charge in [-0.25, -0.2) is 19.0 Å². The number of aromatic nitrogens is 1. The van der Waals surface area contributed by atoms with E-state index in [-0.39, 0.29) is 29.9 Å². The zero-order valence-electron chi connectivity index (χ0n) is 19.5. The van der Waals surface area contributed by atoms with Gasteiger partial charge < -0.3 is 24.8 Å². The maximum absolute atomic E-state index is 13.9. The van der Waals surface area contributed by atoms with Crippen molar-refractivity contribution in [2.75, 3.05) is 24.5 Å². The molecule has 0 radical (unpaired) electrons. The van der Waals surface area contributed by atoms with Crippen molar-refractivity contribution in [2.45, 2.75) is 38.8 Å². The zero-order valence-corrected chi connectivity index (χ0v) is 20.2. The Balaban J connectivity index is 1.63. The fourth-order valence-electron chi connectivity index (χ4n) is 3.39. The average molecular weight is 509 g/mol. The third-order valence-corrected chi connectivity index (χ3v) is 5.02. The van der Waals surface area contributed by atoms with Crippen LogP contribution in [0.15, 0.2) is 36.5 Å². The van der Waals surface area contributed by atoms with Crippen LogP contribution in [0, 0.1) is 5.82 Å². The topological polar surface area (TPSA) is 121 Å². The Labute approximate surface area is 206 Å². The standard InChI is InChI=1S/C23H26ClFN4O6/c1-23(2,3)35-21(32)27-15(11-19(30)31)13-28-8-9-29(22(28)33)16-4-6-17(7-5-16)34-20-18(25)10-14(24)12-26-20/h4-7,10,12,15H,8-9,11,13H2,1-3H3,(H,27,32)(H,30,31). The van der Waals surface area contributed by atoms with Gasteiger partial charge in [-0.1, -0.05) is 11.6 Å². The van der Waals surface area contributed by atoms with Crippen molar-refractivity contribution in [3.8, 4) is 11.6 Å². The van der Waals surface area contributed by atoms with E-state index in [9.17, 15) is 23.9 Å². The van der Waals surface area contributed by atoms with Crippen molar-refractivity contribution in [3.05, 3.63) is 47.4 Å². The maximum atomic E-state index is 13.9. The molecule has 2 N–H and O–H groups in total. The Kier molecular flexibility index (Phi) is 8.00. The number of carbonyl (C=O) groups is 3. The summed E-state index contributed by atoms with van der Waals surface area (Å²) in [6.45, 7) is 5.78. The largest absolute Gasteiger partial charge is 0.481 e. The van der Waals surface area contributed by atoms with Crippen LogP contribution in [0.25, 0.3) is 0 Å². The molecule has 1 aromatic heterocycles. The summed E-state index contributed by atoms with van der Waals surface area (Å²) < 4.78 is 24.5. The third-order valence-electron chi connectivity index (χ3n) is 4.81. The molecule has 10 nitrogen and oxygen atoms in total.